The number of aliphatic hydroxyl groups excluding tert-OH is 1. The second-order valence-electron chi connectivity index (χ2n) is 3.70. The highest BCUT2D eigenvalue weighted by molar-refractivity contribution is 6.30. The summed E-state index contributed by atoms with van der Waals surface area (Å²) in [6, 6.07) is 6.07. The Labute approximate surface area is 89.1 Å². The Kier molecular flexibility index (Phi) is 3.06. The number of nitrogens with zero attached hydrogens (tertiary/aromatic N) is 1. The molecule has 1 heterocycles. The Bertz CT molecular complexity index is 327. The van der Waals surface area contributed by atoms with Crippen LogP contribution in [0.4, 0.5) is 0 Å². The molecule has 14 heavy (non-hydrogen) atoms. The molecule has 0 aromatic heterocycles. The smallest absolute Gasteiger partial charge is 0.0443 e. The van der Waals surface area contributed by atoms with E-state index in [1.54, 1.807) is 0 Å². The van der Waals surface area contributed by atoms with Crippen LogP contribution in [0.2, 0.25) is 5.02 Å². The van der Waals surface area contributed by atoms with Crippen molar-refractivity contribution in [2.75, 3.05) is 13.2 Å². The predicted molar refractivity (Wildman–Crippen MR) is 57.3 cm³/mol. The molecule has 1 aliphatic rings. The fourth-order valence-corrected chi connectivity index (χ4v) is 2.08. The van der Waals surface area contributed by atoms with Gasteiger partial charge in [-0.15, -0.1) is 0 Å². The molecular formula is C11H14ClNO. The van der Waals surface area contributed by atoms with Crippen LogP contribution in [-0.4, -0.2) is 23.2 Å². The largest absolute Gasteiger partial charge is 0.396 e. The lowest BCUT2D eigenvalue weighted by Gasteiger charge is -2.12. The van der Waals surface area contributed by atoms with Gasteiger partial charge in [-0.05, 0) is 29.7 Å². The molecule has 0 amide bonds. The average Bonchev–Trinajstić information content (AvgIpc) is 2.56. The quantitative estimate of drug-likeness (QED) is 0.827. The van der Waals surface area contributed by atoms with E-state index in [-0.39, 0.29) is 6.61 Å². The summed E-state index contributed by atoms with van der Waals surface area (Å²) < 4.78 is 0. The summed E-state index contributed by atoms with van der Waals surface area (Å²) in [7, 11) is 0. The van der Waals surface area contributed by atoms with E-state index >= 15 is 0 Å². The summed E-state index contributed by atoms with van der Waals surface area (Å²) in [5, 5.41) is 9.55. The van der Waals surface area contributed by atoms with Crippen LogP contribution < -0.4 is 0 Å². The summed E-state index contributed by atoms with van der Waals surface area (Å²) >= 11 is 5.92. The Morgan fingerprint density at radius 3 is 2.86 bits per heavy atom. The topological polar surface area (TPSA) is 23.5 Å². The van der Waals surface area contributed by atoms with E-state index in [1.807, 2.05) is 12.1 Å². The number of halogens is 1. The van der Waals surface area contributed by atoms with Crippen molar-refractivity contribution in [2.24, 2.45) is 0 Å². The van der Waals surface area contributed by atoms with Crippen LogP contribution in [0.25, 0.3) is 0 Å². The minimum absolute atomic E-state index is 0.271. The molecule has 0 saturated carbocycles. The Morgan fingerprint density at radius 2 is 2.07 bits per heavy atom. The Morgan fingerprint density at radius 1 is 1.29 bits per heavy atom. The van der Waals surface area contributed by atoms with Crippen LogP contribution in [-0.2, 0) is 13.1 Å². The molecule has 0 aliphatic carbocycles. The van der Waals surface area contributed by atoms with E-state index < -0.39 is 0 Å². The molecule has 0 radical (unpaired) electrons. The highest BCUT2D eigenvalue weighted by Crippen LogP contribution is 2.25. The highest BCUT2D eigenvalue weighted by Gasteiger charge is 2.17. The fraction of sp³-hybridized carbons (Fsp3) is 0.455. The maximum atomic E-state index is 8.74. The van der Waals surface area contributed by atoms with Crippen molar-refractivity contribution < 1.29 is 5.11 Å². The van der Waals surface area contributed by atoms with Gasteiger partial charge in [0.15, 0.2) is 0 Å². The number of fused-ring (bicyclic) bond motifs is 1. The maximum Gasteiger partial charge on any atom is 0.0443 e. The molecule has 76 valence electrons. The summed E-state index contributed by atoms with van der Waals surface area (Å²) in [5.74, 6) is 0. The van der Waals surface area contributed by atoms with E-state index in [4.69, 9.17) is 16.7 Å². The van der Waals surface area contributed by atoms with Gasteiger partial charge in [-0.25, -0.2) is 0 Å². The van der Waals surface area contributed by atoms with Crippen LogP contribution in [0.3, 0.4) is 0 Å². The zero-order valence-corrected chi connectivity index (χ0v) is 8.80. The van der Waals surface area contributed by atoms with Crippen molar-refractivity contribution in [3.8, 4) is 0 Å². The molecule has 0 spiro atoms. The first-order valence-electron chi connectivity index (χ1n) is 4.90. The monoisotopic (exact) mass is 211 g/mol. The number of rotatable bonds is 3. The number of hydrogen-bond acceptors (Lipinski definition) is 2. The van der Waals surface area contributed by atoms with Gasteiger partial charge in [0.05, 0.1) is 0 Å². The van der Waals surface area contributed by atoms with Gasteiger partial charge in [-0.3, -0.25) is 4.90 Å². The molecule has 0 bridgehead atoms. The predicted octanol–water partition coefficient (Wildman–Crippen LogP) is 2.04. The highest BCUT2D eigenvalue weighted by atomic mass is 35.5. The van der Waals surface area contributed by atoms with E-state index in [0.717, 1.165) is 31.1 Å². The van der Waals surface area contributed by atoms with Crippen molar-refractivity contribution in [3.63, 3.8) is 0 Å². The van der Waals surface area contributed by atoms with Crippen molar-refractivity contribution in [1.29, 1.82) is 0 Å². The standard InChI is InChI=1S/C11H14ClNO/c12-11-3-2-9-7-13(4-1-5-14)8-10(9)6-11/h2-3,6,14H,1,4-5,7-8H2. The molecule has 1 aromatic rings. The molecule has 2 rings (SSSR count). The molecule has 0 saturated heterocycles. The molecule has 0 fully saturated rings. The van der Waals surface area contributed by atoms with Gasteiger partial charge >= 0.3 is 0 Å². The first-order chi connectivity index (χ1) is 6.79. The van der Waals surface area contributed by atoms with E-state index in [0.29, 0.717) is 0 Å². The van der Waals surface area contributed by atoms with Crippen molar-refractivity contribution >= 4 is 11.6 Å². The summed E-state index contributed by atoms with van der Waals surface area (Å²) in [6.07, 6.45) is 0.849. The molecule has 0 unspecified atom stereocenters. The number of hydrogen-bond donors (Lipinski definition) is 1. The molecule has 3 heteroatoms. The molecule has 1 aliphatic heterocycles. The van der Waals surface area contributed by atoms with Crippen LogP contribution in [0.15, 0.2) is 18.2 Å². The molecule has 1 N–H and O–H groups in total. The van der Waals surface area contributed by atoms with E-state index in [2.05, 4.69) is 11.0 Å². The minimum atomic E-state index is 0.271. The zero-order valence-electron chi connectivity index (χ0n) is 8.04. The summed E-state index contributed by atoms with van der Waals surface area (Å²) in [6.45, 7) is 3.19. The zero-order chi connectivity index (χ0) is 9.97. The first kappa shape index (κ1) is 9.97. The van der Waals surface area contributed by atoms with Crippen LogP contribution in [0.5, 0.6) is 0 Å². The van der Waals surface area contributed by atoms with Gasteiger partial charge in [0.25, 0.3) is 0 Å². The number of aliphatic hydroxyl groups is 1. The van der Waals surface area contributed by atoms with Gasteiger partial charge < -0.3 is 5.11 Å². The fourth-order valence-electron chi connectivity index (χ4n) is 1.89. The van der Waals surface area contributed by atoms with Crippen molar-refractivity contribution in [3.05, 3.63) is 34.3 Å². The Hall–Kier alpha value is -0.570. The second-order valence-corrected chi connectivity index (χ2v) is 4.14. The van der Waals surface area contributed by atoms with Crippen molar-refractivity contribution in [1.82, 2.24) is 4.90 Å². The van der Waals surface area contributed by atoms with Gasteiger partial charge in [0.2, 0.25) is 0 Å². The molecule has 0 atom stereocenters. The van der Waals surface area contributed by atoms with Crippen LogP contribution in [0.1, 0.15) is 17.5 Å². The van der Waals surface area contributed by atoms with Crippen molar-refractivity contribution in [2.45, 2.75) is 19.5 Å². The Balaban J connectivity index is 2.03. The third kappa shape index (κ3) is 2.08. The van der Waals surface area contributed by atoms with Gasteiger partial charge in [0, 0.05) is 31.3 Å². The third-order valence-corrected chi connectivity index (χ3v) is 2.82. The van der Waals surface area contributed by atoms with Gasteiger partial charge in [-0.1, -0.05) is 17.7 Å². The molecular weight excluding hydrogens is 198 g/mol. The van der Waals surface area contributed by atoms with Crippen LogP contribution >= 0.6 is 11.6 Å². The summed E-state index contributed by atoms with van der Waals surface area (Å²) in [4.78, 5) is 2.33. The third-order valence-electron chi connectivity index (χ3n) is 2.59. The van der Waals surface area contributed by atoms with Crippen LogP contribution in [0, 0.1) is 0 Å². The maximum absolute atomic E-state index is 8.74. The molecule has 1 aromatic carbocycles. The number of benzene rings is 1. The lowest BCUT2D eigenvalue weighted by atomic mass is 10.1. The first-order valence-corrected chi connectivity index (χ1v) is 5.28. The summed E-state index contributed by atoms with van der Waals surface area (Å²) in [5.41, 5.74) is 2.70. The minimum Gasteiger partial charge on any atom is -0.396 e. The molecule has 2 nitrogen and oxygen atoms in total. The second kappa shape index (κ2) is 4.30. The van der Waals surface area contributed by atoms with Gasteiger partial charge in [-0.2, -0.15) is 0 Å². The SMILES string of the molecule is OCCCN1Cc2ccc(Cl)cc2C1. The lowest BCUT2D eigenvalue weighted by molar-refractivity contribution is 0.226. The average molecular weight is 212 g/mol. The van der Waals surface area contributed by atoms with Gasteiger partial charge in [0.1, 0.15) is 0 Å². The van der Waals surface area contributed by atoms with E-state index in [9.17, 15) is 0 Å². The lowest BCUT2D eigenvalue weighted by Crippen LogP contribution is -2.18. The van der Waals surface area contributed by atoms with E-state index in [1.165, 1.54) is 11.1 Å². The normalized spacial score (nSPS) is 15.9.